The topological polar surface area (TPSA) is 66.3 Å². The van der Waals surface area contributed by atoms with Gasteiger partial charge in [-0.05, 0) is 44.9 Å². The monoisotopic (exact) mass is 268 g/mol. The molecule has 1 aromatic rings. The van der Waals surface area contributed by atoms with Gasteiger partial charge in [0, 0.05) is 0 Å². The Morgan fingerprint density at radius 1 is 1.32 bits per heavy atom. The summed E-state index contributed by atoms with van der Waals surface area (Å²) in [6.07, 6.45) is -0.550. The Bertz CT molecular complexity index is 404. The summed E-state index contributed by atoms with van der Waals surface area (Å²) in [5.74, 6) is 0.820. The van der Waals surface area contributed by atoms with Crippen LogP contribution in [0.5, 0.6) is 5.75 Å². The van der Waals surface area contributed by atoms with Crippen molar-refractivity contribution in [2.75, 3.05) is 19.8 Å². The minimum atomic E-state index is -0.550. The van der Waals surface area contributed by atoms with Crippen LogP contribution in [0.2, 0.25) is 0 Å². The lowest BCUT2D eigenvalue weighted by atomic mass is 10.1. The molecule has 0 heterocycles. The normalized spacial score (nSPS) is 13.4. The van der Waals surface area contributed by atoms with Gasteiger partial charge in [-0.3, -0.25) is 0 Å². The van der Waals surface area contributed by atoms with E-state index in [1.54, 1.807) is 0 Å². The van der Waals surface area contributed by atoms with E-state index in [1.165, 1.54) is 5.56 Å². The summed E-state index contributed by atoms with van der Waals surface area (Å²) in [5, 5.41) is 21.0. The molecule has 0 fully saturated rings. The summed E-state index contributed by atoms with van der Waals surface area (Å²) in [4.78, 5) is 0. The van der Waals surface area contributed by atoms with Gasteiger partial charge in [0.25, 0.3) is 0 Å². The SMILES string of the molecule is Cc1cccc(OC[C@@H](O)C[NH2+]C(C)(C)CO)c1C. The summed E-state index contributed by atoms with van der Waals surface area (Å²) in [6, 6.07) is 5.90. The molecule has 1 aromatic carbocycles. The molecule has 19 heavy (non-hydrogen) atoms. The zero-order valence-electron chi connectivity index (χ0n) is 12.3. The highest BCUT2D eigenvalue weighted by atomic mass is 16.5. The van der Waals surface area contributed by atoms with E-state index in [-0.39, 0.29) is 18.8 Å². The maximum Gasteiger partial charge on any atom is 0.137 e. The lowest BCUT2D eigenvalue weighted by molar-refractivity contribution is -0.727. The highest BCUT2D eigenvalue weighted by molar-refractivity contribution is 5.38. The predicted octanol–water partition coefficient (Wildman–Crippen LogP) is 0.377. The Balaban J connectivity index is 2.42. The van der Waals surface area contributed by atoms with Gasteiger partial charge in [-0.15, -0.1) is 0 Å². The number of ether oxygens (including phenoxy) is 1. The van der Waals surface area contributed by atoms with Crippen molar-refractivity contribution in [3.8, 4) is 5.75 Å². The van der Waals surface area contributed by atoms with E-state index < -0.39 is 6.10 Å². The number of aliphatic hydroxyl groups excluding tert-OH is 2. The molecule has 0 saturated carbocycles. The first-order valence-electron chi connectivity index (χ1n) is 6.68. The van der Waals surface area contributed by atoms with Gasteiger partial charge in [-0.2, -0.15) is 0 Å². The van der Waals surface area contributed by atoms with E-state index in [2.05, 4.69) is 0 Å². The average Bonchev–Trinajstić information content (AvgIpc) is 2.38. The molecule has 0 spiro atoms. The minimum absolute atomic E-state index is 0.0809. The molecule has 4 N–H and O–H groups in total. The molecule has 4 heteroatoms. The molecular formula is C15H26NO3+. The van der Waals surface area contributed by atoms with Gasteiger partial charge in [0.15, 0.2) is 0 Å². The highest BCUT2D eigenvalue weighted by Gasteiger charge is 2.21. The van der Waals surface area contributed by atoms with Gasteiger partial charge < -0.3 is 20.3 Å². The first-order valence-corrected chi connectivity index (χ1v) is 6.68. The second-order valence-corrected chi connectivity index (χ2v) is 5.75. The number of aryl methyl sites for hydroxylation is 1. The molecule has 108 valence electrons. The summed E-state index contributed by atoms with van der Waals surface area (Å²) < 4.78 is 5.65. The van der Waals surface area contributed by atoms with Crippen molar-refractivity contribution in [2.24, 2.45) is 0 Å². The van der Waals surface area contributed by atoms with Crippen molar-refractivity contribution in [2.45, 2.75) is 39.3 Å². The second-order valence-electron chi connectivity index (χ2n) is 5.75. The Labute approximate surface area is 115 Å². The van der Waals surface area contributed by atoms with Crippen LogP contribution in [-0.4, -0.2) is 41.6 Å². The van der Waals surface area contributed by atoms with Gasteiger partial charge in [0.05, 0.1) is 6.61 Å². The molecule has 1 rings (SSSR count). The lowest BCUT2D eigenvalue weighted by Gasteiger charge is -2.22. The van der Waals surface area contributed by atoms with Crippen molar-refractivity contribution in [1.82, 2.24) is 0 Å². The second kappa shape index (κ2) is 6.89. The van der Waals surface area contributed by atoms with Crippen LogP contribution in [0.3, 0.4) is 0 Å². The van der Waals surface area contributed by atoms with Crippen LogP contribution < -0.4 is 10.1 Å². The Morgan fingerprint density at radius 3 is 2.63 bits per heavy atom. The van der Waals surface area contributed by atoms with E-state index >= 15 is 0 Å². The van der Waals surface area contributed by atoms with E-state index in [0.717, 1.165) is 11.3 Å². The van der Waals surface area contributed by atoms with Gasteiger partial charge >= 0.3 is 0 Å². The van der Waals surface area contributed by atoms with Gasteiger partial charge in [-0.1, -0.05) is 12.1 Å². The van der Waals surface area contributed by atoms with E-state index in [0.29, 0.717) is 6.54 Å². The minimum Gasteiger partial charge on any atom is -0.490 e. The maximum atomic E-state index is 9.89. The number of hydrogen-bond donors (Lipinski definition) is 3. The summed E-state index contributed by atoms with van der Waals surface area (Å²) in [5.41, 5.74) is 2.02. The number of rotatable bonds is 7. The summed E-state index contributed by atoms with van der Waals surface area (Å²) in [6.45, 7) is 8.78. The average molecular weight is 268 g/mol. The lowest BCUT2D eigenvalue weighted by Crippen LogP contribution is -2.97. The molecular weight excluding hydrogens is 242 g/mol. The third-order valence-electron chi connectivity index (χ3n) is 3.34. The fraction of sp³-hybridized carbons (Fsp3) is 0.600. The first-order chi connectivity index (χ1) is 8.85. The smallest absolute Gasteiger partial charge is 0.137 e. The van der Waals surface area contributed by atoms with Crippen molar-refractivity contribution in [3.05, 3.63) is 29.3 Å². The van der Waals surface area contributed by atoms with Gasteiger partial charge in [0.2, 0.25) is 0 Å². The molecule has 0 radical (unpaired) electrons. The van der Waals surface area contributed by atoms with E-state index in [4.69, 9.17) is 9.84 Å². The number of nitrogens with two attached hydrogens (primary N) is 1. The van der Waals surface area contributed by atoms with Crippen LogP contribution in [0.15, 0.2) is 18.2 Å². The molecule has 0 bridgehead atoms. The van der Waals surface area contributed by atoms with Crippen LogP contribution in [0.4, 0.5) is 0 Å². The molecule has 0 aliphatic carbocycles. The fourth-order valence-electron chi connectivity index (χ4n) is 1.65. The molecule has 0 aliphatic rings. The van der Waals surface area contributed by atoms with Crippen molar-refractivity contribution in [3.63, 3.8) is 0 Å². The molecule has 4 nitrogen and oxygen atoms in total. The predicted molar refractivity (Wildman–Crippen MR) is 75.4 cm³/mol. The number of benzene rings is 1. The zero-order valence-corrected chi connectivity index (χ0v) is 12.3. The number of aliphatic hydroxyl groups is 2. The molecule has 0 unspecified atom stereocenters. The molecule has 1 atom stereocenters. The standard InChI is InChI=1S/C15H25NO3/c1-11-6-5-7-14(12(11)2)19-9-13(18)8-16-15(3,4)10-17/h5-7,13,16-18H,8-10H2,1-4H3/p+1/t13-/m0/s1. The number of quaternary nitrogens is 1. The summed E-state index contributed by atoms with van der Waals surface area (Å²) >= 11 is 0. The maximum absolute atomic E-state index is 9.89. The largest absolute Gasteiger partial charge is 0.490 e. The Morgan fingerprint density at radius 2 is 2.00 bits per heavy atom. The van der Waals surface area contributed by atoms with Crippen LogP contribution in [0.25, 0.3) is 0 Å². The third kappa shape index (κ3) is 5.19. The molecule has 0 aromatic heterocycles. The fourth-order valence-corrected chi connectivity index (χ4v) is 1.65. The number of hydrogen-bond acceptors (Lipinski definition) is 3. The Kier molecular flexibility index (Phi) is 5.79. The van der Waals surface area contributed by atoms with Gasteiger partial charge in [-0.25, -0.2) is 0 Å². The highest BCUT2D eigenvalue weighted by Crippen LogP contribution is 2.20. The molecule has 0 amide bonds. The van der Waals surface area contributed by atoms with Crippen LogP contribution >= 0.6 is 0 Å². The first kappa shape index (κ1) is 16.0. The zero-order chi connectivity index (χ0) is 14.5. The van der Waals surface area contributed by atoms with E-state index in [9.17, 15) is 5.11 Å². The van der Waals surface area contributed by atoms with Crippen molar-refractivity contribution < 1.29 is 20.3 Å². The summed E-state index contributed by atoms with van der Waals surface area (Å²) in [7, 11) is 0. The van der Waals surface area contributed by atoms with Gasteiger partial charge in [0.1, 0.15) is 30.5 Å². The van der Waals surface area contributed by atoms with Crippen LogP contribution in [0.1, 0.15) is 25.0 Å². The van der Waals surface area contributed by atoms with Crippen LogP contribution in [-0.2, 0) is 0 Å². The van der Waals surface area contributed by atoms with Crippen molar-refractivity contribution in [1.29, 1.82) is 0 Å². The van der Waals surface area contributed by atoms with Crippen molar-refractivity contribution >= 4 is 0 Å². The Hall–Kier alpha value is -1.10. The molecule has 0 saturated heterocycles. The third-order valence-corrected chi connectivity index (χ3v) is 3.34. The molecule has 0 aliphatic heterocycles. The quantitative estimate of drug-likeness (QED) is 0.670. The van der Waals surface area contributed by atoms with Crippen LogP contribution in [0, 0.1) is 13.8 Å². The van der Waals surface area contributed by atoms with E-state index in [1.807, 2.05) is 51.2 Å².